The summed E-state index contributed by atoms with van der Waals surface area (Å²) in [6.45, 7) is 2.51. The van der Waals surface area contributed by atoms with Gasteiger partial charge in [-0.05, 0) is 37.0 Å². The Bertz CT molecular complexity index is 542. The minimum Gasteiger partial charge on any atom is -0.392 e. The fourth-order valence-corrected chi connectivity index (χ4v) is 4.65. The third kappa shape index (κ3) is 3.22. The summed E-state index contributed by atoms with van der Waals surface area (Å²) in [4.78, 5) is 0.296. The number of sulfonamides is 1. The summed E-state index contributed by atoms with van der Waals surface area (Å²) in [6.07, 6.45) is 4.91. The van der Waals surface area contributed by atoms with Crippen LogP contribution in [0.5, 0.6) is 0 Å². The van der Waals surface area contributed by atoms with Crippen molar-refractivity contribution in [1.82, 2.24) is 4.31 Å². The van der Waals surface area contributed by atoms with Crippen LogP contribution in [0.25, 0.3) is 0 Å². The quantitative estimate of drug-likeness (QED) is 0.929. The molecule has 1 aliphatic heterocycles. The van der Waals surface area contributed by atoms with Crippen LogP contribution in [0.1, 0.15) is 44.6 Å². The Morgan fingerprint density at radius 3 is 2.80 bits per heavy atom. The molecular formula is C15H23NO3S. The molecule has 1 atom stereocenters. The van der Waals surface area contributed by atoms with Crippen molar-refractivity contribution in [3.8, 4) is 0 Å². The predicted octanol–water partition coefficient (Wildman–Crippen LogP) is 2.52. The van der Waals surface area contributed by atoms with Gasteiger partial charge in [-0.1, -0.05) is 31.9 Å². The first-order chi connectivity index (χ1) is 9.59. The first-order valence-corrected chi connectivity index (χ1v) is 8.75. The monoisotopic (exact) mass is 297 g/mol. The van der Waals surface area contributed by atoms with Crippen LogP contribution >= 0.6 is 0 Å². The Hall–Kier alpha value is -0.910. The van der Waals surface area contributed by atoms with Gasteiger partial charge in [0.25, 0.3) is 0 Å². The zero-order chi connectivity index (χ0) is 14.6. The van der Waals surface area contributed by atoms with E-state index in [2.05, 4.69) is 0 Å². The molecule has 4 nitrogen and oxygen atoms in total. The molecule has 1 aromatic rings. The van der Waals surface area contributed by atoms with Crippen molar-refractivity contribution >= 4 is 10.0 Å². The number of hydrogen-bond donors (Lipinski definition) is 1. The molecule has 1 saturated heterocycles. The molecule has 1 fully saturated rings. The second-order valence-electron chi connectivity index (χ2n) is 5.33. The van der Waals surface area contributed by atoms with E-state index in [4.69, 9.17) is 0 Å². The van der Waals surface area contributed by atoms with Gasteiger partial charge in [0.1, 0.15) is 0 Å². The van der Waals surface area contributed by atoms with E-state index in [1.54, 1.807) is 28.6 Å². The summed E-state index contributed by atoms with van der Waals surface area (Å²) < 4.78 is 27.3. The first kappa shape index (κ1) is 15.5. The molecule has 0 spiro atoms. The van der Waals surface area contributed by atoms with Crippen LogP contribution in [0.3, 0.4) is 0 Å². The Labute approximate surface area is 121 Å². The largest absolute Gasteiger partial charge is 0.392 e. The normalized spacial score (nSPS) is 21.6. The third-order valence-electron chi connectivity index (χ3n) is 3.98. The van der Waals surface area contributed by atoms with Crippen LogP contribution in [0, 0.1) is 0 Å². The molecule has 0 bridgehead atoms. The fraction of sp³-hybridized carbons (Fsp3) is 0.600. The van der Waals surface area contributed by atoms with Crippen LogP contribution in [-0.4, -0.2) is 30.4 Å². The number of hydrogen-bond acceptors (Lipinski definition) is 3. The van der Waals surface area contributed by atoms with E-state index in [-0.39, 0.29) is 12.6 Å². The average molecular weight is 297 g/mol. The van der Waals surface area contributed by atoms with Gasteiger partial charge in [0.15, 0.2) is 0 Å². The Kier molecular flexibility index (Phi) is 5.18. The second-order valence-corrected chi connectivity index (χ2v) is 7.22. The Morgan fingerprint density at radius 1 is 1.30 bits per heavy atom. The molecule has 0 radical (unpaired) electrons. The lowest BCUT2D eigenvalue weighted by Crippen LogP contribution is -2.39. The lowest BCUT2D eigenvalue weighted by molar-refractivity contribution is 0.281. The maximum atomic E-state index is 12.8. The molecule has 0 amide bonds. The summed E-state index contributed by atoms with van der Waals surface area (Å²) in [5.74, 6) is 0. The molecule has 5 heteroatoms. The molecule has 1 N–H and O–H groups in total. The number of nitrogens with zero attached hydrogens (tertiary/aromatic N) is 1. The average Bonchev–Trinajstić information content (AvgIpc) is 2.72. The van der Waals surface area contributed by atoms with E-state index in [0.29, 0.717) is 17.0 Å². The fourth-order valence-electron chi connectivity index (χ4n) is 2.81. The lowest BCUT2D eigenvalue weighted by Gasteiger charge is -2.28. The molecule has 1 unspecified atom stereocenters. The van der Waals surface area contributed by atoms with Crippen molar-refractivity contribution in [3.63, 3.8) is 0 Å². The van der Waals surface area contributed by atoms with Gasteiger partial charge in [-0.2, -0.15) is 4.31 Å². The maximum absolute atomic E-state index is 12.8. The van der Waals surface area contributed by atoms with Crippen molar-refractivity contribution in [2.24, 2.45) is 0 Å². The molecule has 1 aromatic carbocycles. The minimum absolute atomic E-state index is 0.0975. The summed E-state index contributed by atoms with van der Waals surface area (Å²) in [5, 5.41) is 9.17. The van der Waals surface area contributed by atoms with Gasteiger partial charge in [0.05, 0.1) is 11.5 Å². The van der Waals surface area contributed by atoms with Crippen LogP contribution in [0.15, 0.2) is 29.2 Å². The summed E-state index contributed by atoms with van der Waals surface area (Å²) in [6, 6.07) is 6.72. The van der Waals surface area contributed by atoms with Gasteiger partial charge in [-0.15, -0.1) is 0 Å². The highest BCUT2D eigenvalue weighted by molar-refractivity contribution is 7.89. The highest BCUT2D eigenvalue weighted by atomic mass is 32.2. The zero-order valence-electron chi connectivity index (χ0n) is 12.0. The van der Waals surface area contributed by atoms with Crippen molar-refractivity contribution in [2.45, 2.75) is 56.6 Å². The van der Waals surface area contributed by atoms with E-state index < -0.39 is 10.0 Å². The molecule has 0 aliphatic carbocycles. The Balaban J connectivity index is 2.35. The van der Waals surface area contributed by atoms with Gasteiger partial charge >= 0.3 is 0 Å². The molecule has 112 valence electrons. The van der Waals surface area contributed by atoms with Gasteiger partial charge in [-0.3, -0.25) is 0 Å². The van der Waals surface area contributed by atoms with Crippen LogP contribution in [0.2, 0.25) is 0 Å². The van der Waals surface area contributed by atoms with Crippen molar-refractivity contribution in [2.75, 3.05) is 6.54 Å². The zero-order valence-corrected chi connectivity index (χ0v) is 12.8. The van der Waals surface area contributed by atoms with E-state index in [1.807, 2.05) is 6.92 Å². The molecule has 20 heavy (non-hydrogen) atoms. The molecule has 1 heterocycles. The van der Waals surface area contributed by atoms with E-state index in [0.717, 1.165) is 32.1 Å². The van der Waals surface area contributed by atoms with E-state index in [1.165, 1.54) is 0 Å². The lowest BCUT2D eigenvalue weighted by atomic mass is 10.1. The molecule has 0 saturated carbocycles. The van der Waals surface area contributed by atoms with Crippen LogP contribution in [0.4, 0.5) is 0 Å². The van der Waals surface area contributed by atoms with Gasteiger partial charge < -0.3 is 5.11 Å². The van der Waals surface area contributed by atoms with Crippen LogP contribution < -0.4 is 0 Å². The van der Waals surface area contributed by atoms with Crippen molar-refractivity contribution < 1.29 is 13.5 Å². The van der Waals surface area contributed by atoms with Gasteiger partial charge in [-0.25, -0.2) is 8.42 Å². The highest BCUT2D eigenvalue weighted by Crippen LogP contribution is 2.26. The van der Waals surface area contributed by atoms with Gasteiger partial charge in [0.2, 0.25) is 10.0 Å². The maximum Gasteiger partial charge on any atom is 0.243 e. The number of benzene rings is 1. The van der Waals surface area contributed by atoms with E-state index >= 15 is 0 Å². The highest BCUT2D eigenvalue weighted by Gasteiger charge is 2.31. The molecule has 2 rings (SSSR count). The number of aliphatic hydroxyl groups is 1. The number of rotatable bonds is 4. The van der Waals surface area contributed by atoms with Crippen molar-refractivity contribution in [1.29, 1.82) is 0 Å². The molecular weight excluding hydrogens is 274 g/mol. The SMILES string of the molecule is CCC1CCCCCN1S(=O)(=O)c1cccc(CO)c1. The smallest absolute Gasteiger partial charge is 0.243 e. The van der Waals surface area contributed by atoms with Gasteiger partial charge in [0, 0.05) is 12.6 Å². The van der Waals surface area contributed by atoms with E-state index in [9.17, 15) is 13.5 Å². The third-order valence-corrected chi connectivity index (χ3v) is 5.93. The molecule has 1 aliphatic rings. The topological polar surface area (TPSA) is 57.6 Å². The summed E-state index contributed by atoms with van der Waals surface area (Å²) >= 11 is 0. The standard InChI is InChI=1S/C15H23NO3S/c1-2-14-8-4-3-5-10-16(14)20(18,19)15-9-6-7-13(11-15)12-17/h6-7,9,11,14,17H,2-5,8,10,12H2,1H3. The predicted molar refractivity (Wildman–Crippen MR) is 78.8 cm³/mol. The summed E-state index contributed by atoms with van der Waals surface area (Å²) in [7, 11) is -3.46. The minimum atomic E-state index is -3.46. The first-order valence-electron chi connectivity index (χ1n) is 7.31. The molecule has 0 aromatic heterocycles. The van der Waals surface area contributed by atoms with Crippen LogP contribution in [-0.2, 0) is 16.6 Å². The number of aliphatic hydroxyl groups excluding tert-OH is 1. The Morgan fingerprint density at radius 2 is 2.10 bits per heavy atom. The summed E-state index contributed by atoms with van der Waals surface area (Å²) in [5.41, 5.74) is 0.633. The van der Waals surface area contributed by atoms with Crippen molar-refractivity contribution in [3.05, 3.63) is 29.8 Å². The second kappa shape index (κ2) is 6.70.